The highest BCUT2D eigenvalue weighted by Crippen LogP contribution is 2.23. The van der Waals surface area contributed by atoms with Crippen molar-refractivity contribution in [3.63, 3.8) is 0 Å². The van der Waals surface area contributed by atoms with E-state index in [1.807, 2.05) is 26.1 Å². The molecular formula is C21H27FN4O2. The number of aliphatic imine (C=N–C) groups is 1. The minimum atomic E-state index is -1.18. The Bertz CT molecular complexity index is 958. The Hall–Kier alpha value is -2.80. The van der Waals surface area contributed by atoms with Crippen LogP contribution >= 0.6 is 0 Å². The first kappa shape index (κ1) is 19.9. The van der Waals surface area contributed by atoms with Crippen molar-refractivity contribution in [2.75, 3.05) is 19.6 Å². The topological polar surface area (TPSA) is 85.6 Å². The maximum Gasteiger partial charge on any atom is 0.191 e. The lowest BCUT2D eigenvalue weighted by Gasteiger charge is -2.19. The van der Waals surface area contributed by atoms with Crippen LogP contribution in [0.4, 0.5) is 4.39 Å². The van der Waals surface area contributed by atoms with E-state index in [0.29, 0.717) is 24.8 Å². The van der Waals surface area contributed by atoms with Crippen LogP contribution in [0.1, 0.15) is 30.9 Å². The van der Waals surface area contributed by atoms with E-state index < -0.39 is 5.60 Å². The summed E-state index contributed by atoms with van der Waals surface area (Å²) in [6.45, 7) is 7.04. The van der Waals surface area contributed by atoms with Crippen molar-refractivity contribution < 1.29 is 13.9 Å². The van der Waals surface area contributed by atoms with Crippen molar-refractivity contribution in [3.8, 4) is 0 Å². The maximum atomic E-state index is 13.3. The molecular weight excluding hydrogens is 359 g/mol. The summed E-state index contributed by atoms with van der Waals surface area (Å²) in [6, 6.07) is 8.35. The van der Waals surface area contributed by atoms with E-state index in [0.717, 1.165) is 28.6 Å². The number of H-pyrrole nitrogens is 1. The van der Waals surface area contributed by atoms with E-state index in [1.165, 1.54) is 12.1 Å². The number of nitrogens with one attached hydrogen (secondary N) is 3. The second-order valence-electron chi connectivity index (χ2n) is 7.06. The standard InChI is InChI=1S/C21H27FN4O2/c1-4-23-20(26-13-21(3,27)19-8-5-14(2)28-19)24-10-9-15-12-25-18-11-16(22)6-7-17(15)18/h5-8,11-12,25,27H,4,9-10,13H2,1-3H3,(H2,23,24,26). The molecule has 3 rings (SSSR count). The summed E-state index contributed by atoms with van der Waals surface area (Å²) in [6.07, 6.45) is 2.66. The normalized spacial score (nSPS) is 14.2. The third-order valence-corrected chi connectivity index (χ3v) is 4.58. The fourth-order valence-corrected chi connectivity index (χ4v) is 3.06. The fourth-order valence-electron chi connectivity index (χ4n) is 3.06. The van der Waals surface area contributed by atoms with Crippen LogP contribution in [0, 0.1) is 12.7 Å². The van der Waals surface area contributed by atoms with Crippen LogP contribution in [-0.4, -0.2) is 35.7 Å². The van der Waals surface area contributed by atoms with Crippen molar-refractivity contribution >= 4 is 16.9 Å². The van der Waals surface area contributed by atoms with E-state index in [9.17, 15) is 9.50 Å². The minimum Gasteiger partial charge on any atom is -0.463 e. The maximum absolute atomic E-state index is 13.3. The first-order chi connectivity index (χ1) is 13.4. The molecule has 0 aliphatic carbocycles. The summed E-state index contributed by atoms with van der Waals surface area (Å²) < 4.78 is 18.8. The Morgan fingerprint density at radius 1 is 1.29 bits per heavy atom. The van der Waals surface area contributed by atoms with Crippen LogP contribution < -0.4 is 10.6 Å². The molecule has 0 saturated carbocycles. The average Bonchev–Trinajstić information content (AvgIpc) is 3.26. The molecule has 2 heterocycles. The number of aromatic amines is 1. The third-order valence-electron chi connectivity index (χ3n) is 4.58. The van der Waals surface area contributed by atoms with Gasteiger partial charge in [0.1, 0.15) is 22.9 Å². The highest BCUT2D eigenvalue weighted by Gasteiger charge is 2.26. The largest absolute Gasteiger partial charge is 0.463 e. The lowest BCUT2D eigenvalue weighted by molar-refractivity contribution is 0.0428. The first-order valence-corrected chi connectivity index (χ1v) is 9.46. The van der Waals surface area contributed by atoms with E-state index >= 15 is 0 Å². The molecule has 0 aliphatic heterocycles. The molecule has 6 nitrogen and oxygen atoms in total. The molecule has 0 saturated heterocycles. The molecule has 0 spiro atoms. The van der Waals surface area contributed by atoms with Crippen molar-refractivity contribution in [2.24, 2.45) is 4.99 Å². The van der Waals surface area contributed by atoms with Crippen LogP contribution in [0.25, 0.3) is 10.9 Å². The Labute approximate surface area is 163 Å². The van der Waals surface area contributed by atoms with Crippen LogP contribution in [0.3, 0.4) is 0 Å². The summed E-state index contributed by atoms with van der Waals surface area (Å²) >= 11 is 0. The number of fused-ring (bicyclic) bond motifs is 1. The minimum absolute atomic E-state index is 0.168. The predicted octanol–water partition coefficient (Wildman–Crippen LogP) is 3.21. The number of aryl methyl sites for hydroxylation is 1. The van der Waals surface area contributed by atoms with Gasteiger partial charge in [0.15, 0.2) is 5.96 Å². The molecule has 3 aromatic rings. The lowest BCUT2D eigenvalue weighted by atomic mass is 10.0. The molecule has 0 radical (unpaired) electrons. The number of nitrogens with zero attached hydrogens (tertiary/aromatic N) is 1. The predicted molar refractivity (Wildman–Crippen MR) is 109 cm³/mol. The van der Waals surface area contributed by atoms with Gasteiger partial charge < -0.3 is 25.1 Å². The van der Waals surface area contributed by atoms with Crippen LogP contribution in [0.5, 0.6) is 0 Å². The molecule has 1 unspecified atom stereocenters. The van der Waals surface area contributed by atoms with Gasteiger partial charge >= 0.3 is 0 Å². The van der Waals surface area contributed by atoms with Crippen molar-refractivity contribution in [3.05, 3.63) is 59.4 Å². The number of guanidine groups is 1. The number of rotatable bonds is 7. The van der Waals surface area contributed by atoms with Gasteiger partial charge in [-0.25, -0.2) is 9.38 Å². The van der Waals surface area contributed by atoms with Gasteiger partial charge in [0, 0.05) is 30.2 Å². The summed E-state index contributed by atoms with van der Waals surface area (Å²) in [5, 5.41) is 18.1. The number of aliphatic hydroxyl groups is 1. The monoisotopic (exact) mass is 386 g/mol. The molecule has 1 aromatic carbocycles. The molecule has 0 amide bonds. The molecule has 150 valence electrons. The number of halogens is 1. The van der Waals surface area contributed by atoms with E-state index in [4.69, 9.17) is 4.42 Å². The van der Waals surface area contributed by atoms with Crippen LogP contribution in [-0.2, 0) is 12.0 Å². The molecule has 1 atom stereocenters. The summed E-state index contributed by atoms with van der Waals surface area (Å²) in [5.74, 6) is 1.62. The number of benzene rings is 1. The van der Waals surface area contributed by atoms with Gasteiger partial charge in [0.05, 0.1) is 6.54 Å². The zero-order valence-corrected chi connectivity index (χ0v) is 16.5. The zero-order valence-electron chi connectivity index (χ0n) is 16.5. The van der Waals surface area contributed by atoms with Gasteiger partial charge in [0.25, 0.3) is 0 Å². The van der Waals surface area contributed by atoms with Gasteiger partial charge in [-0.1, -0.05) is 0 Å². The summed E-state index contributed by atoms with van der Waals surface area (Å²) in [4.78, 5) is 7.59. The number of furan rings is 1. The number of hydrogen-bond donors (Lipinski definition) is 4. The summed E-state index contributed by atoms with van der Waals surface area (Å²) in [7, 11) is 0. The van der Waals surface area contributed by atoms with E-state index in [-0.39, 0.29) is 12.4 Å². The smallest absolute Gasteiger partial charge is 0.191 e. The first-order valence-electron chi connectivity index (χ1n) is 9.46. The Kier molecular flexibility index (Phi) is 6.04. The molecule has 0 fully saturated rings. The van der Waals surface area contributed by atoms with Crippen LogP contribution in [0.2, 0.25) is 0 Å². The fraction of sp³-hybridized carbons (Fsp3) is 0.381. The van der Waals surface area contributed by atoms with Gasteiger partial charge in [0.2, 0.25) is 0 Å². The lowest BCUT2D eigenvalue weighted by Crippen LogP contribution is -2.39. The molecule has 0 aliphatic rings. The molecule has 7 heteroatoms. The molecule has 0 bridgehead atoms. The van der Waals surface area contributed by atoms with Crippen LogP contribution in [0.15, 0.2) is 45.9 Å². The Morgan fingerprint density at radius 3 is 2.82 bits per heavy atom. The Balaban J connectivity index is 1.61. The number of hydrogen-bond acceptors (Lipinski definition) is 3. The quantitative estimate of drug-likeness (QED) is 0.371. The Morgan fingerprint density at radius 2 is 2.11 bits per heavy atom. The van der Waals surface area contributed by atoms with E-state index in [2.05, 4.69) is 20.6 Å². The second kappa shape index (κ2) is 8.48. The number of aromatic nitrogens is 1. The van der Waals surface area contributed by atoms with E-state index in [1.54, 1.807) is 19.1 Å². The van der Waals surface area contributed by atoms with Gasteiger partial charge in [-0.15, -0.1) is 0 Å². The molecule has 2 aromatic heterocycles. The van der Waals surface area contributed by atoms with Gasteiger partial charge in [-0.2, -0.15) is 0 Å². The highest BCUT2D eigenvalue weighted by molar-refractivity contribution is 5.83. The van der Waals surface area contributed by atoms with Crippen molar-refractivity contribution in [1.29, 1.82) is 0 Å². The zero-order chi connectivity index (χ0) is 20.1. The molecule has 28 heavy (non-hydrogen) atoms. The second-order valence-corrected chi connectivity index (χ2v) is 7.06. The average molecular weight is 386 g/mol. The third kappa shape index (κ3) is 4.72. The SMILES string of the molecule is CCNC(=NCC(C)(O)c1ccc(C)o1)NCCc1c[nH]c2cc(F)ccc12. The summed E-state index contributed by atoms with van der Waals surface area (Å²) in [5.41, 5.74) is 0.717. The van der Waals surface area contributed by atoms with Gasteiger partial charge in [-0.05, 0) is 63.1 Å². The van der Waals surface area contributed by atoms with Crippen molar-refractivity contribution in [1.82, 2.24) is 15.6 Å². The molecule has 4 N–H and O–H groups in total. The van der Waals surface area contributed by atoms with Crippen molar-refractivity contribution in [2.45, 2.75) is 32.8 Å². The highest BCUT2D eigenvalue weighted by atomic mass is 19.1. The van der Waals surface area contributed by atoms with Gasteiger partial charge in [-0.3, -0.25) is 0 Å².